The van der Waals surface area contributed by atoms with E-state index in [2.05, 4.69) is 125 Å². The molecule has 0 aliphatic carbocycles. The molecule has 0 amide bonds. The highest BCUT2D eigenvalue weighted by Gasteiger charge is 1.58. The van der Waals surface area contributed by atoms with E-state index in [1.807, 2.05) is 34.6 Å². The van der Waals surface area contributed by atoms with Crippen LogP contribution in [0.15, 0.2) is 155 Å². The Balaban J connectivity index is -0.0000000130. The Bertz CT molecular complexity index is 190. The third kappa shape index (κ3) is 18800. The lowest BCUT2D eigenvalue weighted by molar-refractivity contribution is 0.186. The van der Waals surface area contributed by atoms with E-state index in [1.165, 1.54) is 0 Å². The van der Waals surface area contributed by atoms with Gasteiger partial charge in [-0.25, -0.2) is 0 Å². The molecule has 4 nitrogen and oxygen atoms in total. The summed E-state index contributed by atoms with van der Waals surface area (Å²) in [5.74, 6) is 0. The standard InChI is InChI=1S/5C3H6.2C2H6O2.7C2H4/c5*1-3-2;2*3-1-2-4;7*1-2/h5*3H,1H2,2H3;2*3-4H,1-2H2;7*1-2H2. The summed E-state index contributed by atoms with van der Waals surface area (Å²) in [7, 11) is 0. The molecule has 0 saturated carbocycles. The van der Waals surface area contributed by atoms with Gasteiger partial charge < -0.3 is 20.4 Å². The van der Waals surface area contributed by atoms with Crippen LogP contribution in [0, 0.1) is 0 Å². The quantitative estimate of drug-likeness (QED) is 0.268. The predicted octanol–water partition coefficient (Wildman–Crippen LogP) is 9.52. The Kier molecular flexibility index (Phi) is 2520. The summed E-state index contributed by atoms with van der Waals surface area (Å²) in [6.07, 6.45) is 8.75. The highest BCUT2D eigenvalue weighted by atomic mass is 16.3. The van der Waals surface area contributed by atoms with Crippen LogP contribution in [0.3, 0.4) is 0 Å². The minimum Gasteiger partial charge on any atom is -0.394 e. The first kappa shape index (κ1) is 92.8. The van der Waals surface area contributed by atoms with Crippen molar-refractivity contribution in [2.75, 3.05) is 26.4 Å². The number of allylic oxidation sites excluding steroid dienone is 5. The molecule has 0 heterocycles. The molecule has 0 spiro atoms. The Morgan fingerprint density at radius 3 is 0.324 bits per heavy atom. The zero-order valence-corrected chi connectivity index (χ0v) is 25.9. The van der Waals surface area contributed by atoms with Crippen molar-refractivity contribution in [1.29, 1.82) is 0 Å². The maximum atomic E-state index is 7.62. The molecule has 0 fully saturated rings. The molecule has 0 aromatic carbocycles. The third-order valence-electron chi connectivity index (χ3n) is 0.200. The fourth-order valence-corrected chi connectivity index (χ4v) is 0. The van der Waals surface area contributed by atoms with Gasteiger partial charge in [-0.05, 0) is 34.6 Å². The van der Waals surface area contributed by atoms with Crippen molar-refractivity contribution in [3.05, 3.63) is 155 Å². The molecule has 0 aliphatic rings. The van der Waals surface area contributed by atoms with Crippen LogP contribution in [-0.2, 0) is 0 Å². The number of aliphatic hydroxyl groups is 4. The number of aliphatic hydroxyl groups excluding tert-OH is 4. The molecule has 0 aliphatic heterocycles. The average molecular weight is 531 g/mol. The van der Waals surface area contributed by atoms with E-state index in [9.17, 15) is 0 Å². The van der Waals surface area contributed by atoms with Crippen LogP contribution in [0.2, 0.25) is 0 Å². The summed E-state index contributed by atoms with van der Waals surface area (Å²) in [4.78, 5) is 0. The Morgan fingerprint density at radius 2 is 0.324 bits per heavy atom. The average Bonchev–Trinajstić information content (AvgIpc) is 2.98. The van der Waals surface area contributed by atoms with Crippen LogP contribution in [-0.4, -0.2) is 46.9 Å². The summed E-state index contributed by atoms with van der Waals surface area (Å²) in [5.41, 5.74) is 0. The number of rotatable bonds is 2. The molecule has 0 radical (unpaired) electrons. The highest BCUT2D eigenvalue weighted by molar-refractivity contribution is 4.52. The number of hydrogen-bond acceptors (Lipinski definition) is 4. The Hall–Kier alpha value is -3.28. The summed E-state index contributed by atoms with van der Waals surface area (Å²) >= 11 is 0. The monoisotopic (exact) mass is 531 g/mol. The van der Waals surface area contributed by atoms with Crippen LogP contribution >= 0.6 is 0 Å². The van der Waals surface area contributed by atoms with Crippen LogP contribution in [0.5, 0.6) is 0 Å². The van der Waals surface area contributed by atoms with Crippen LogP contribution < -0.4 is 0 Å². The Labute approximate surface area is 236 Å². The van der Waals surface area contributed by atoms with E-state index < -0.39 is 0 Å². The van der Waals surface area contributed by atoms with Gasteiger partial charge >= 0.3 is 0 Å². The second-order valence-corrected chi connectivity index (χ2v) is 2.94. The fraction of sp³-hybridized carbons (Fsp3) is 0.273. The predicted molar refractivity (Wildman–Crippen MR) is 186 cm³/mol. The van der Waals surface area contributed by atoms with Crippen molar-refractivity contribution in [3.8, 4) is 0 Å². The van der Waals surface area contributed by atoms with E-state index >= 15 is 0 Å². The molecular weight excluding hydrogens is 460 g/mol. The maximum absolute atomic E-state index is 7.62. The van der Waals surface area contributed by atoms with E-state index in [4.69, 9.17) is 20.4 Å². The molecule has 226 valence electrons. The molecular formula is C33H70O4. The van der Waals surface area contributed by atoms with E-state index in [1.54, 1.807) is 30.4 Å². The zero-order valence-electron chi connectivity index (χ0n) is 25.9. The Morgan fingerprint density at radius 1 is 0.297 bits per heavy atom. The lowest BCUT2D eigenvalue weighted by Crippen LogP contribution is -1.85. The highest BCUT2D eigenvalue weighted by Crippen LogP contribution is 1.40. The minimum atomic E-state index is -0.125. The van der Waals surface area contributed by atoms with Gasteiger partial charge in [0.15, 0.2) is 0 Å². The number of hydrogen-bond donors (Lipinski definition) is 4. The third-order valence-corrected chi connectivity index (χ3v) is 0.200. The first-order valence-electron chi connectivity index (χ1n) is 10.7. The summed E-state index contributed by atoms with van der Waals surface area (Å²) in [5, 5.41) is 30.5. The first-order chi connectivity index (χ1) is 17.9. The van der Waals surface area contributed by atoms with Crippen molar-refractivity contribution < 1.29 is 20.4 Å². The SMILES string of the molecule is C=C.C=C.C=C.C=C.C=C.C=C.C=C.C=CC.C=CC.C=CC.C=CC.C=CC.OCCO.OCCO. The van der Waals surface area contributed by atoms with Gasteiger partial charge in [0.05, 0.1) is 26.4 Å². The van der Waals surface area contributed by atoms with Gasteiger partial charge in [0.1, 0.15) is 0 Å². The van der Waals surface area contributed by atoms with Gasteiger partial charge in [0.25, 0.3) is 0 Å². The van der Waals surface area contributed by atoms with Gasteiger partial charge in [-0.1, -0.05) is 30.4 Å². The van der Waals surface area contributed by atoms with Crippen molar-refractivity contribution in [2.45, 2.75) is 34.6 Å². The van der Waals surface area contributed by atoms with E-state index in [0.717, 1.165) is 0 Å². The molecule has 4 heteroatoms. The zero-order chi connectivity index (χ0) is 34.4. The maximum Gasteiger partial charge on any atom is 0.0662 e. The van der Waals surface area contributed by atoms with Gasteiger partial charge in [-0.3, -0.25) is 0 Å². The topological polar surface area (TPSA) is 80.9 Å². The smallest absolute Gasteiger partial charge is 0.0662 e. The molecule has 0 saturated heterocycles. The lowest BCUT2D eigenvalue weighted by Gasteiger charge is -1.70. The molecule has 0 rings (SSSR count). The van der Waals surface area contributed by atoms with Gasteiger partial charge in [-0.15, -0.1) is 125 Å². The molecule has 4 N–H and O–H groups in total. The normalized spacial score (nSPS) is 4.14. The van der Waals surface area contributed by atoms with Crippen molar-refractivity contribution in [1.82, 2.24) is 0 Å². The van der Waals surface area contributed by atoms with Crippen LogP contribution in [0.4, 0.5) is 0 Å². The van der Waals surface area contributed by atoms with Gasteiger partial charge in [-0.2, -0.15) is 0 Å². The molecule has 0 atom stereocenters. The van der Waals surface area contributed by atoms with Gasteiger partial charge in [0.2, 0.25) is 0 Å². The second-order valence-electron chi connectivity index (χ2n) is 2.94. The lowest BCUT2D eigenvalue weighted by atomic mass is 10.8. The van der Waals surface area contributed by atoms with Crippen molar-refractivity contribution in [2.24, 2.45) is 0 Å². The molecule has 0 aromatic rings. The summed E-state index contributed by atoms with van der Waals surface area (Å²) < 4.78 is 0. The minimum absolute atomic E-state index is 0.125. The second kappa shape index (κ2) is 1010. The first-order valence-corrected chi connectivity index (χ1v) is 10.7. The van der Waals surface area contributed by atoms with Crippen molar-refractivity contribution in [3.63, 3.8) is 0 Å². The summed E-state index contributed by atoms with van der Waals surface area (Å²) in [6, 6.07) is 0. The largest absolute Gasteiger partial charge is 0.394 e. The molecule has 0 unspecified atom stereocenters. The van der Waals surface area contributed by atoms with Crippen molar-refractivity contribution >= 4 is 0 Å². The summed E-state index contributed by atoms with van der Waals surface area (Å²) in [6.45, 7) is 67.8. The molecule has 37 heavy (non-hydrogen) atoms. The van der Waals surface area contributed by atoms with Gasteiger partial charge in [0, 0.05) is 0 Å². The van der Waals surface area contributed by atoms with Crippen LogP contribution in [0.25, 0.3) is 0 Å². The van der Waals surface area contributed by atoms with Crippen LogP contribution in [0.1, 0.15) is 34.6 Å². The molecule has 0 bridgehead atoms. The van der Waals surface area contributed by atoms with E-state index in [0.29, 0.717) is 0 Å². The fourth-order valence-electron chi connectivity index (χ4n) is 0. The van der Waals surface area contributed by atoms with E-state index in [-0.39, 0.29) is 26.4 Å². The molecule has 0 aromatic heterocycles.